The van der Waals surface area contributed by atoms with Crippen LogP contribution in [0.2, 0.25) is 0 Å². The van der Waals surface area contributed by atoms with Gasteiger partial charge in [0.1, 0.15) is 11.4 Å². The first-order valence-electron chi connectivity index (χ1n) is 7.17. The average molecular weight is 245 g/mol. The van der Waals surface area contributed by atoms with Crippen molar-refractivity contribution in [1.82, 2.24) is 5.32 Å². The highest BCUT2D eigenvalue weighted by Crippen LogP contribution is 2.41. The van der Waals surface area contributed by atoms with Gasteiger partial charge in [-0.05, 0) is 69.7 Å². The van der Waals surface area contributed by atoms with Crippen LogP contribution in [0.15, 0.2) is 18.2 Å². The van der Waals surface area contributed by atoms with Crippen molar-refractivity contribution in [3.05, 3.63) is 29.3 Å². The van der Waals surface area contributed by atoms with E-state index in [1.165, 1.54) is 29.7 Å². The van der Waals surface area contributed by atoms with Crippen LogP contribution in [0.1, 0.15) is 50.2 Å². The Hall–Kier alpha value is -1.02. The summed E-state index contributed by atoms with van der Waals surface area (Å²) in [6, 6.07) is 6.71. The molecule has 2 aliphatic heterocycles. The minimum atomic E-state index is -0.00395. The van der Waals surface area contributed by atoms with Crippen LogP contribution in [-0.4, -0.2) is 18.7 Å². The lowest BCUT2D eigenvalue weighted by atomic mass is 9.85. The summed E-state index contributed by atoms with van der Waals surface area (Å²) in [7, 11) is 0. The Morgan fingerprint density at radius 1 is 1.22 bits per heavy atom. The Kier molecular flexibility index (Phi) is 3.06. The first-order chi connectivity index (χ1) is 8.66. The van der Waals surface area contributed by atoms with Crippen molar-refractivity contribution in [1.29, 1.82) is 0 Å². The van der Waals surface area contributed by atoms with Crippen LogP contribution in [0.3, 0.4) is 0 Å². The summed E-state index contributed by atoms with van der Waals surface area (Å²) in [5.41, 5.74) is 2.85. The molecule has 2 aliphatic rings. The number of hydrogen-bond acceptors (Lipinski definition) is 2. The molecule has 0 unspecified atom stereocenters. The fourth-order valence-electron chi connectivity index (χ4n) is 3.14. The molecule has 18 heavy (non-hydrogen) atoms. The Morgan fingerprint density at radius 3 is 2.78 bits per heavy atom. The summed E-state index contributed by atoms with van der Waals surface area (Å²) < 4.78 is 6.28. The predicted octanol–water partition coefficient (Wildman–Crippen LogP) is 3.26. The largest absolute Gasteiger partial charge is 0.487 e. The molecule has 0 bridgehead atoms. The van der Waals surface area contributed by atoms with Crippen molar-refractivity contribution >= 4 is 0 Å². The van der Waals surface area contributed by atoms with Gasteiger partial charge in [-0.1, -0.05) is 18.2 Å². The maximum atomic E-state index is 6.28. The van der Waals surface area contributed by atoms with Crippen LogP contribution in [0, 0.1) is 0 Å². The van der Waals surface area contributed by atoms with Crippen molar-refractivity contribution in [3.8, 4) is 5.75 Å². The number of ether oxygens (including phenoxy) is 1. The van der Waals surface area contributed by atoms with E-state index < -0.39 is 0 Å². The molecule has 0 amide bonds. The number of nitrogens with one attached hydrogen (secondary N) is 1. The molecule has 3 rings (SSSR count). The second-order valence-corrected chi connectivity index (χ2v) is 6.22. The van der Waals surface area contributed by atoms with Gasteiger partial charge in [-0.2, -0.15) is 0 Å². The molecule has 2 heteroatoms. The lowest BCUT2D eigenvalue weighted by Crippen LogP contribution is -2.34. The monoisotopic (exact) mass is 245 g/mol. The van der Waals surface area contributed by atoms with Gasteiger partial charge in [-0.15, -0.1) is 0 Å². The summed E-state index contributed by atoms with van der Waals surface area (Å²) in [5.74, 6) is 1.87. The molecule has 1 fully saturated rings. The molecule has 98 valence electrons. The number of rotatable bonds is 1. The third-order valence-corrected chi connectivity index (χ3v) is 4.28. The molecule has 1 N–H and O–H groups in total. The average Bonchev–Trinajstić information content (AvgIpc) is 2.38. The third kappa shape index (κ3) is 2.26. The Labute approximate surface area is 110 Å². The topological polar surface area (TPSA) is 21.3 Å². The molecule has 1 aromatic rings. The van der Waals surface area contributed by atoms with E-state index in [1.54, 1.807) is 0 Å². The van der Waals surface area contributed by atoms with Crippen molar-refractivity contribution in [2.75, 3.05) is 13.1 Å². The van der Waals surface area contributed by atoms with Gasteiger partial charge in [-0.3, -0.25) is 0 Å². The van der Waals surface area contributed by atoms with Gasteiger partial charge >= 0.3 is 0 Å². The second kappa shape index (κ2) is 4.58. The van der Waals surface area contributed by atoms with Gasteiger partial charge in [-0.25, -0.2) is 0 Å². The molecule has 0 atom stereocenters. The number of benzene rings is 1. The first kappa shape index (κ1) is 12.0. The standard InChI is InChI=1S/C16H23NO/c1-16(2)9-6-13-4-3-5-14(15(13)18-16)12-7-10-17-11-8-12/h3-5,12,17H,6-11H2,1-2H3. The smallest absolute Gasteiger partial charge is 0.126 e. The van der Waals surface area contributed by atoms with Crippen molar-refractivity contribution < 1.29 is 4.74 Å². The van der Waals surface area contributed by atoms with E-state index in [0.717, 1.165) is 25.9 Å². The maximum absolute atomic E-state index is 6.28. The van der Waals surface area contributed by atoms with Gasteiger partial charge in [0.2, 0.25) is 0 Å². The summed E-state index contributed by atoms with van der Waals surface area (Å²) in [6.07, 6.45) is 4.75. The molecule has 1 saturated heterocycles. The van der Waals surface area contributed by atoms with Crippen molar-refractivity contribution in [2.45, 2.75) is 51.0 Å². The first-order valence-corrected chi connectivity index (χ1v) is 7.17. The van der Waals surface area contributed by atoms with Gasteiger partial charge in [0, 0.05) is 0 Å². The Balaban J connectivity index is 1.95. The summed E-state index contributed by atoms with van der Waals surface area (Å²) in [6.45, 7) is 6.68. The summed E-state index contributed by atoms with van der Waals surface area (Å²) in [5, 5.41) is 3.44. The highest BCUT2D eigenvalue weighted by molar-refractivity contribution is 5.45. The third-order valence-electron chi connectivity index (χ3n) is 4.28. The fraction of sp³-hybridized carbons (Fsp3) is 0.625. The SMILES string of the molecule is CC1(C)CCc2cccc(C3CCNCC3)c2O1. The van der Waals surface area contributed by atoms with Crippen LogP contribution in [0.4, 0.5) is 0 Å². The zero-order valence-corrected chi connectivity index (χ0v) is 11.5. The number of piperidine rings is 1. The van der Waals surface area contributed by atoms with E-state index in [-0.39, 0.29) is 5.60 Å². The van der Waals surface area contributed by atoms with Crippen LogP contribution < -0.4 is 10.1 Å². The van der Waals surface area contributed by atoms with Gasteiger partial charge in [0.15, 0.2) is 0 Å². The van der Waals surface area contributed by atoms with Crippen LogP contribution in [-0.2, 0) is 6.42 Å². The summed E-state index contributed by atoms with van der Waals surface area (Å²) in [4.78, 5) is 0. The van der Waals surface area contributed by atoms with Crippen molar-refractivity contribution in [2.24, 2.45) is 0 Å². The number of aryl methyl sites for hydroxylation is 1. The Bertz CT molecular complexity index is 433. The predicted molar refractivity (Wildman–Crippen MR) is 74.3 cm³/mol. The molecule has 2 heterocycles. The minimum Gasteiger partial charge on any atom is -0.487 e. The second-order valence-electron chi connectivity index (χ2n) is 6.22. The molecule has 2 nitrogen and oxygen atoms in total. The fourth-order valence-corrected chi connectivity index (χ4v) is 3.14. The van der Waals surface area contributed by atoms with E-state index in [1.807, 2.05) is 0 Å². The van der Waals surface area contributed by atoms with E-state index in [4.69, 9.17) is 4.74 Å². The van der Waals surface area contributed by atoms with Gasteiger partial charge in [0.25, 0.3) is 0 Å². The Morgan fingerprint density at radius 2 is 2.00 bits per heavy atom. The molecule has 0 aromatic heterocycles. The van der Waals surface area contributed by atoms with E-state index in [0.29, 0.717) is 5.92 Å². The molecule has 1 aromatic carbocycles. The molecule has 0 spiro atoms. The maximum Gasteiger partial charge on any atom is 0.126 e. The van der Waals surface area contributed by atoms with Gasteiger partial charge < -0.3 is 10.1 Å². The normalized spacial score (nSPS) is 23.2. The molecule has 0 aliphatic carbocycles. The van der Waals surface area contributed by atoms with Crippen LogP contribution >= 0.6 is 0 Å². The molecule has 0 radical (unpaired) electrons. The highest BCUT2D eigenvalue weighted by Gasteiger charge is 2.30. The quantitative estimate of drug-likeness (QED) is 0.820. The zero-order valence-electron chi connectivity index (χ0n) is 11.5. The molecular formula is C16H23NO. The lowest BCUT2D eigenvalue weighted by molar-refractivity contribution is 0.0824. The number of hydrogen-bond donors (Lipinski definition) is 1. The van der Waals surface area contributed by atoms with Gasteiger partial charge in [0.05, 0.1) is 0 Å². The number of fused-ring (bicyclic) bond motifs is 1. The van der Waals surface area contributed by atoms with Crippen molar-refractivity contribution in [3.63, 3.8) is 0 Å². The van der Waals surface area contributed by atoms with E-state index in [2.05, 4.69) is 37.4 Å². The minimum absolute atomic E-state index is 0.00395. The van der Waals surface area contributed by atoms with Crippen LogP contribution in [0.5, 0.6) is 5.75 Å². The zero-order chi connectivity index (χ0) is 12.6. The summed E-state index contributed by atoms with van der Waals surface area (Å²) >= 11 is 0. The lowest BCUT2D eigenvalue weighted by Gasteiger charge is -2.36. The molecule has 0 saturated carbocycles. The van der Waals surface area contributed by atoms with Crippen LogP contribution in [0.25, 0.3) is 0 Å². The van der Waals surface area contributed by atoms with E-state index >= 15 is 0 Å². The number of para-hydroxylation sites is 1. The van der Waals surface area contributed by atoms with E-state index in [9.17, 15) is 0 Å². The highest BCUT2D eigenvalue weighted by atomic mass is 16.5. The molecular weight excluding hydrogens is 222 g/mol.